The van der Waals surface area contributed by atoms with Gasteiger partial charge in [0.25, 0.3) is 0 Å². The minimum atomic E-state index is -4.64. The lowest BCUT2D eigenvalue weighted by Gasteiger charge is -2.15. The van der Waals surface area contributed by atoms with Crippen LogP contribution in [0.2, 0.25) is 10.0 Å². The molecular formula is C21H17Cl2F3N4O2. The lowest BCUT2D eigenvalue weighted by atomic mass is 10.1. The maximum atomic E-state index is 13.4. The summed E-state index contributed by atoms with van der Waals surface area (Å²) in [4.78, 5) is 19.4. The normalized spacial score (nSPS) is 11.2. The SMILES string of the molecule is COC(=O)c1cccc(CCNc2nc(Nc3ccc(Cl)c(Cl)c3)ncc2C(F)(F)F)c1. The van der Waals surface area contributed by atoms with Crippen LogP contribution in [-0.2, 0) is 17.3 Å². The van der Waals surface area contributed by atoms with Gasteiger partial charge in [-0.25, -0.2) is 9.78 Å². The standard InChI is InChI=1S/C21H17Cl2F3N4O2/c1-32-19(31)13-4-2-3-12(9-13)7-8-27-18-15(21(24,25)26)11-28-20(30-18)29-14-5-6-16(22)17(23)10-14/h2-6,9-11H,7-8H2,1H3,(H2,27,28,29,30). The van der Waals surface area contributed by atoms with Gasteiger partial charge in [-0.2, -0.15) is 18.2 Å². The van der Waals surface area contributed by atoms with Crippen LogP contribution in [0.3, 0.4) is 0 Å². The molecule has 168 valence electrons. The minimum absolute atomic E-state index is 0.0495. The number of ether oxygens (including phenoxy) is 1. The van der Waals surface area contributed by atoms with Crippen LogP contribution in [-0.4, -0.2) is 29.6 Å². The Hall–Kier alpha value is -3.04. The highest BCUT2D eigenvalue weighted by molar-refractivity contribution is 6.42. The van der Waals surface area contributed by atoms with E-state index in [-0.39, 0.29) is 23.3 Å². The number of alkyl halides is 3. The van der Waals surface area contributed by atoms with E-state index in [2.05, 4.69) is 25.3 Å². The number of nitrogens with one attached hydrogen (secondary N) is 2. The summed E-state index contributed by atoms with van der Waals surface area (Å²) >= 11 is 11.8. The van der Waals surface area contributed by atoms with Crippen LogP contribution >= 0.6 is 23.2 Å². The second-order valence-electron chi connectivity index (χ2n) is 6.58. The van der Waals surface area contributed by atoms with Gasteiger partial charge in [-0.3, -0.25) is 0 Å². The summed E-state index contributed by atoms with van der Waals surface area (Å²) in [6.45, 7) is 0.136. The molecule has 0 aliphatic rings. The van der Waals surface area contributed by atoms with Gasteiger partial charge in [-0.05, 0) is 42.3 Å². The number of halogens is 5. The largest absolute Gasteiger partial charge is 0.465 e. The van der Waals surface area contributed by atoms with E-state index in [1.807, 2.05) is 0 Å². The van der Waals surface area contributed by atoms with Gasteiger partial charge in [0.15, 0.2) is 0 Å². The van der Waals surface area contributed by atoms with Crippen molar-refractivity contribution in [2.75, 3.05) is 24.3 Å². The second-order valence-corrected chi connectivity index (χ2v) is 7.39. The molecule has 3 aromatic rings. The number of hydrogen-bond donors (Lipinski definition) is 2. The van der Waals surface area contributed by atoms with Crippen LogP contribution in [0.1, 0.15) is 21.5 Å². The van der Waals surface area contributed by atoms with E-state index in [1.165, 1.54) is 19.2 Å². The van der Waals surface area contributed by atoms with Crippen LogP contribution < -0.4 is 10.6 Å². The average Bonchev–Trinajstić information content (AvgIpc) is 2.75. The molecule has 0 spiro atoms. The first-order chi connectivity index (χ1) is 15.2. The number of rotatable bonds is 7. The maximum Gasteiger partial charge on any atom is 0.421 e. The Morgan fingerprint density at radius 3 is 2.59 bits per heavy atom. The number of carbonyl (C=O) groups is 1. The van der Waals surface area contributed by atoms with Crippen molar-refractivity contribution in [2.24, 2.45) is 0 Å². The number of anilines is 3. The molecule has 0 amide bonds. The molecule has 0 radical (unpaired) electrons. The molecule has 1 aromatic heterocycles. The smallest absolute Gasteiger partial charge is 0.421 e. The van der Waals surface area contributed by atoms with Crippen molar-refractivity contribution in [3.05, 3.63) is 75.4 Å². The molecule has 0 saturated heterocycles. The quantitative estimate of drug-likeness (QED) is 0.401. The maximum absolute atomic E-state index is 13.4. The number of carbonyl (C=O) groups excluding carboxylic acids is 1. The predicted molar refractivity (Wildman–Crippen MR) is 117 cm³/mol. The lowest BCUT2D eigenvalue weighted by molar-refractivity contribution is -0.137. The number of hydrogen-bond acceptors (Lipinski definition) is 6. The molecule has 2 aromatic carbocycles. The number of methoxy groups -OCH3 is 1. The monoisotopic (exact) mass is 484 g/mol. The Labute approximate surface area is 191 Å². The topological polar surface area (TPSA) is 76.1 Å². The number of benzene rings is 2. The third kappa shape index (κ3) is 6.02. The predicted octanol–water partition coefficient (Wildman–Crippen LogP) is 5.99. The molecular weight excluding hydrogens is 468 g/mol. The Morgan fingerprint density at radius 1 is 1.12 bits per heavy atom. The van der Waals surface area contributed by atoms with Gasteiger partial charge in [0.2, 0.25) is 5.95 Å². The Morgan fingerprint density at radius 2 is 1.91 bits per heavy atom. The highest BCUT2D eigenvalue weighted by Gasteiger charge is 2.35. The van der Waals surface area contributed by atoms with Gasteiger partial charge >= 0.3 is 12.1 Å². The molecule has 3 rings (SSSR count). The highest BCUT2D eigenvalue weighted by Crippen LogP contribution is 2.34. The Kier molecular flexibility index (Phi) is 7.42. The lowest BCUT2D eigenvalue weighted by Crippen LogP contribution is -2.16. The minimum Gasteiger partial charge on any atom is -0.465 e. The van der Waals surface area contributed by atoms with Gasteiger partial charge in [0.1, 0.15) is 11.4 Å². The van der Waals surface area contributed by atoms with Crippen molar-refractivity contribution in [1.29, 1.82) is 0 Å². The summed E-state index contributed by atoms with van der Waals surface area (Å²) in [5, 5.41) is 6.12. The molecule has 1 heterocycles. The number of esters is 1. The zero-order valence-electron chi connectivity index (χ0n) is 16.6. The first-order valence-electron chi connectivity index (χ1n) is 9.25. The molecule has 0 fully saturated rings. The van der Waals surface area contributed by atoms with E-state index in [1.54, 1.807) is 30.3 Å². The highest BCUT2D eigenvalue weighted by atomic mass is 35.5. The van der Waals surface area contributed by atoms with E-state index in [9.17, 15) is 18.0 Å². The molecule has 32 heavy (non-hydrogen) atoms. The third-order valence-corrected chi connectivity index (χ3v) is 5.06. The second kappa shape index (κ2) is 10.1. The molecule has 2 N–H and O–H groups in total. The molecule has 6 nitrogen and oxygen atoms in total. The van der Waals surface area contributed by atoms with E-state index in [4.69, 9.17) is 23.2 Å². The number of nitrogens with zero attached hydrogens (tertiary/aromatic N) is 2. The average molecular weight is 485 g/mol. The van der Waals surface area contributed by atoms with Crippen molar-refractivity contribution < 1.29 is 22.7 Å². The van der Waals surface area contributed by atoms with E-state index >= 15 is 0 Å². The number of aromatic nitrogens is 2. The summed E-state index contributed by atoms with van der Waals surface area (Å²) in [6.07, 6.45) is -3.59. The summed E-state index contributed by atoms with van der Waals surface area (Å²) in [6, 6.07) is 11.3. The zero-order valence-corrected chi connectivity index (χ0v) is 18.1. The van der Waals surface area contributed by atoms with Crippen LogP contribution in [0.5, 0.6) is 0 Å². The molecule has 0 atom stereocenters. The summed E-state index contributed by atoms with van der Waals surface area (Å²) in [5.41, 5.74) is 0.568. The fourth-order valence-corrected chi connectivity index (χ4v) is 3.08. The van der Waals surface area contributed by atoms with Gasteiger partial charge in [-0.15, -0.1) is 0 Å². The fraction of sp³-hybridized carbons (Fsp3) is 0.190. The van der Waals surface area contributed by atoms with Crippen LogP contribution in [0, 0.1) is 0 Å². The van der Waals surface area contributed by atoms with Crippen LogP contribution in [0.15, 0.2) is 48.7 Å². The molecule has 0 unspecified atom stereocenters. The fourth-order valence-electron chi connectivity index (χ4n) is 2.78. The van der Waals surface area contributed by atoms with Crippen molar-refractivity contribution in [3.8, 4) is 0 Å². The van der Waals surface area contributed by atoms with Crippen LogP contribution in [0.25, 0.3) is 0 Å². The van der Waals surface area contributed by atoms with Crippen molar-refractivity contribution in [2.45, 2.75) is 12.6 Å². The van der Waals surface area contributed by atoms with Gasteiger partial charge in [-0.1, -0.05) is 35.3 Å². The summed E-state index contributed by atoms with van der Waals surface area (Å²) in [7, 11) is 1.27. The Bertz CT molecular complexity index is 1130. The zero-order chi connectivity index (χ0) is 23.3. The van der Waals surface area contributed by atoms with Gasteiger partial charge in [0, 0.05) is 18.4 Å². The van der Waals surface area contributed by atoms with Crippen molar-refractivity contribution in [3.63, 3.8) is 0 Å². The molecule has 11 heteroatoms. The van der Waals surface area contributed by atoms with E-state index < -0.39 is 17.7 Å². The summed E-state index contributed by atoms with van der Waals surface area (Å²) < 4.78 is 44.9. The first-order valence-corrected chi connectivity index (χ1v) is 10.0. The molecule has 0 bridgehead atoms. The van der Waals surface area contributed by atoms with E-state index in [0.717, 1.165) is 5.56 Å². The molecule has 0 aliphatic carbocycles. The third-order valence-electron chi connectivity index (χ3n) is 4.32. The Balaban J connectivity index is 1.77. The molecule has 0 aliphatic heterocycles. The van der Waals surface area contributed by atoms with Crippen LogP contribution in [0.4, 0.5) is 30.6 Å². The van der Waals surface area contributed by atoms with Crippen molar-refractivity contribution >= 4 is 46.6 Å². The van der Waals surface area contributed by atoms with E-state index in [0.29, 0.717) is 28.9 Å². The van der Waals surface area contributed by atoms with Crippen molar-refractivity contribution in [1.82, 2.24) is 9.97 Å². The first kappa shape index (κ1) is 23.6. The van der Waals surface area contributed by atoms with Gasteiger partial charge < -0.3 is 15.4 Å². The summed E-state index contributed by atoms with van der Waals surface area (Å²) in [5.74, 6) is -0.918. The van der Waals surface area contributed by atoms with Gasteiger partial charge in [0.05, 0.1) is 22.7 Å². The molecule has 0 saturated carbocycles.